The van der Waals surface area contributed by atoms with Crippen LogP contribution < -0.4 is 4.74 Å². The number of unbranched alkanes of at least 4 members (excludes halogenated alkanes) is 1. The summed E-state index contributed by atoms with van der Waals surface area (Å²) in [6.07, 6.45) is 11.5. The van der Waals surface area contributed by atoms with Crippen LogP contribution in [0.1, 0.15) is 62.4 Å². The van der Waals surface area contributed by atoms with Crippen LogP contribution in [0.15, 0.2) is 90.2 Å². The lowest BCUT2D eigenvalue weighted by molar-refractivity contribution is -0.113. The van der Waals surface area contributed by atoms with E-state index in [-0.39, 0.29) is 5.78 Å². The molecule has 4 aromatic rings. The molecular formula is C37H44N2O4S. The highest BCUT2D eigenvalue weighted by atomic mass is 32.2. The number of nitrogens with zero attached hydrogens (tertiary/aromatic N) is 2. The van der Waals surface area contributed by atoms with Crippen LogP contribution in [0, 0.1) is 0 Å². The van der Waals surface area contributed by atoms with Gasteiger partial charge in [0, 0.05) is 30.7 Å². The Balaban J connectivity index is 1.33. The fourth-order valence-electron chi connectivity index (χ4n) is 4.89. The fraction of sp³-hybridized carbons (Fsp3) is 0.351. The van der Waals surface area contributed by atoms with Crippen LogP contribution in [-0.2, 0) is 45.5 Å². The van der Waals surface area contributed by atoms with E-state index in [1.807, 2.05) is 42.5 Å². The van der Waals surface area contributed by atoms with Crippen molar-refractivity contribution in [3.05, 3.63) is 108 Å². The van der Waals surface area contributed by atoms with Crippen molar-refractivity contribution in [2.75, 3.05) is 19.8 Å². The number of hydrogen-bond acceptors (Lipinski definition) is 5. The number of imidazole rings is 1. The standard InChI is InChI=1S/C37H44N2O4S/c1-4-7-21-42-22-23-43-36-16-13-31(14-17-36)33-11-10-30(6-3)32(25-33)12-15-35(40)24-29-8-18-37(19-9-29)44(41)27-34-26-38-28-39(34)20-5-2/h8-19,25-26,28H,4-7,20-24,27H2,1-3H3/b15-12+/t44-/m0/s1. The summed E-state index contributed by atoms with van der Waals surface area (Å²) < 4.78 is 26.4. The molecule has 0 aliphatic carbocycles. The molecule has 0 fully saturated rings. The van der Waals surface area contributed by atoms with Crippen molar-refractivity contribution in [1.29, 1.82) is 0 Å². The van der Waals surface area contributed by atoms with Crippen LogP contribution in [0.2, 0.25) is 0 Å². The molecule has 1 heterocycles. The van der Waals surface area contributed by atoms with Crippen molar-refractivity contribution in [1.82, 2.24) is 9.55 Å². The minimum Gasteiger partial charge on any atom is -0.491 e. The monoisotopic (exact) mass is 612 g/mol. The highest BCUT2D eigenvalue weighted by Gasteiger charge is 2.10. The molecule has 0 unspecified atom stereocenters. The van der Waals surface area contributed by atoms with Gasteiger partial charge in [0.1, 0.15) is 12.4 Å². The van der Waals surface area contributed by atoms with E-state index >= 15 is 0 Å². The van der Waals surface area contributed by atoms with Crippen molar-refractivity contribution in [2.24, 2.45) is 0 Å². The first-order valence-electron chi connectivity index (χ1n) is 15.6. The second-order valence-electron chi connectivity index (χ2n) is 10.8. The molecule has 0 amide bonds. The molecule has 1 aromatic heterocycles. The summed E-state index contributed by atoms with van der Waals surface area (Å²) in [7, 11) is -1.17. The molecule has 0 spiro atoms. The molecule has 0 N–H and O–H groups in total. The maximum absolute atomic E-state index is 12.9. The minimum absolute atomic E-state index is 0.0231. The average Bonchev–Trinajstić information content (AvgIpc) is 3.48. The van der Waals surface area contributed by atoms with Crippen LogP contribution in [0.25, 0.3) is 17.2 Å². The van der Waals surface area contributed by atoms with Gasteiger partial charge in [-0.15, -0.1) is 0 Å². The number of aryl methyl sites for hydroxylation is 2. The van der Waals surface area contributed by atoms with Gasteiger partial charge >= 0.3 is 0 Å². The summed E-state index contributed by atoms with van der Waals surface area (Å²) in [4.78, 5) is 17.8. The normalized spacial score (nSPS) is 12.1. The zero-order chi connectivity index (χ0) is 31.1. The van der Waals surface area contributed by atoms with Crippen LogP contribution in [0.3, 0.4) is 0 Å². The van der Waals surface area contributed by atoms with Gasteiger partial charge in [-0.2, -0.15) is 0 Å². The predicted octanol–water partition coefficient (Wildman–Crippen LogP) is 7.85. The molecule has 0 aliphatic rings. The van der Waals surface area contributed by atoms with Crippen LogP contribution in [0.4, 0.5) is 0 Å². The molecule has 4 rings (SSSR count). The lowest BCUT2D eigenvalue weighted by Gasteiger charge is -2.10. The molecule has 44 heavy (non-hydrogen) atoms. The maximum Gasteiger partial charge on any atom is 0.160 e. The fourth-order valence-corrected chi connectivity index (χ4v) is 6.01. The van der Waals surface area contributed by atoms with E-state index in [2.05, 4.69) is 60.7 Å². The second-order valence-corrected chi connectivity index (χ2v) is 12.2. The van der Waals surface area contributed by atoms with Crippen LogP contribution >= 0.6 is 0 Å². The van der Waals surface area contributed by atoms with Crippen molar-refractivity contribution in [3.63, 3.8) is 0 Å². The highest BCUT2D eigenvalue weighted by molar-refractivity contribution is 7.84. The van der Waals surface area contributed by atoms with Gasteiger partial charge in [0.15, 0.2) is 5.78 Å². The number of rotatable bonds is 18. The topological polar surface area (TPSA) is 70.4 Å². The number of carbonyl (C=O) groups is 1. The van der Waals surface area contributed by atoms with Crippen molar-refractivity contribution < 1.29 is 18.5 Å². The van der Waals surface area contributed by atoms with E-state index in [0.29, 0.717) is 25.4 Å². The van der Waals surface area contributed by atoms with Crippen LogP contribution in [0.5, 0.6) is 5.75 Å². The SMILES string of the molecule is CCCCOCCOc1ccc(-c2ccc(CC)c(/C=C/C(=O)Cc3ccc([S@@](=O)Cc4cncn4CCC)cc3)c2)cc1. The zero-order valence-corrected chi connectivity index (χ0v) is 27.0. The second kappa shape index (κ2) is 17.5. The number of hydrogen-bond donors (Lipinski definition) is 0. The first-order chi connectivity index (χ1) is 21.5. The molecule has 7 heteroatoms. The minimum atomic E-state index is -1.17. The average molecular weight is 613 g/mol. The van der Waals surface area contributed by atoms with Crippen molar-refractivity contribution in [2.45, 2.75) is 70.1 Å². The number of carbonyl (C=O) groups excluding carboxylic acids is 1. The summed E-state index contributed by atoms with van der Waals surface area (Å²) in [5, 5.41) is 0. The van der Waals surface area contributed by atoms with Gasteiger partial charge in [-0.05, 0) is 83.5 Å². The lowest BCUT2D eigenvalue weighted by atomic mass is 9.97. The van der Waals surface area contributed by atoms with E-state index in [0.717, 1.165) is 77.4 Å². The summed E-state index contributed by atoms with van der Waals surface area (Å²) >= 11 is 0. The molecule has 0 saturated carbocycles. The molecule has 1 atom stereocenters. The molecule has 0 saturated heterocycles. The highest BCUT2D eigenvalue weighted by Crippen LogP contribution is 2.26. The van der Waals surface area contributed by atoms with Gasteiger partial charge in [-0.1, -0.05) is 69.7 Å². The third-order valence-electron chi connectivity index (χ3n) is 7.41. The van der Waals surface area contributed by atoms with E-state index < -0.39 is 10.8 Å². The molecule has 6 nitrogen and oxygen atoms in total. The lowest BCUT2D eigenvalue weighted by Crippen LogP contribution is -2.07. The number of allylic oxidation sites excluding steroid dienone is 1. The third kappa shape index (κ3) is 9.86. The number of aromatic nitrogens is 2. The molecular weight excluding hydrogens is 568 g/mol. The summed E-state index contributed by atoms with van der Waals surface area (Å²) in [6, 6.07) is 22.0. The number of benzene rings is 3. The molecule has 0 bridgehead atoms. The first kappa shape index (κ1) is 33.1. The molecule has 3 aromatic carbocycles. The number of ketones is 1. The Morgan fingerprint density at radius 1 is 0.909 bits per heavy atom. The Morgan fingerprint density at radius 2 is 1.68 bits per heavy atom. The van der Waals surface area contributed by atoms with Gasteiger partial charge in [0.05, 0.1) is 35.2 Å². The van der Waals surface area contributed by atoms with E-state index in [9.17, 15) is 9.00 Å². The Morgan fingerprint density at radius 3 is 2.41 bits per heavy atom. The summed E-state index contributed by atoms with van der Waals surface area (Å²) in [6.45, 7) is 9.15. The van der Waals surface area contributed by atoms with E-state index in [1.165, 1.54) is 5.56 Å². The van der Waals surface area contributed by atoms with E-state index in [1.54, 1.807) is 18.6 Å². The van der Waals surface area contributed by atoms with Crippen LogP contribution in [-0.4, -0.2) is 39.4 Å². The Bertz CT molecular complexity index is 1520. The number of ether oxygens (including phenoxy) is 2. The third-order valence-corrected chi connectivity index (χ3v) is 8.76. The summed E-state index contributed by atoms with van der Waals surface area (Å²) in [5.74, 6) is 1.27. The molecule has 232 valence electrons. The van der Waals surface area contributed by atoms with Gasteiger partial charge in [-0.25, -0.2) is 4.98 Å². The Labute approximate surface area is 264 Å². The molecule has 0 radical (unpaired) electrons. The smallest absolute Gasteiger partial charge is 0.160 e. The van der Waals surface area contributed by atoms with Gasteiger partial charge in [-0.3, -0.25) is 9.00 Å². The summed E-state index contributed by atoms with van der Waals surface area (Å²) in [5.41, 5.74) is 6.27. The van der Waals surface area contributed by atoms with Gasteiger partial charge < -0.3 is 14.0 Å². The van der Waals surface area contributed by atoms with Crippen molar-refractivity contribution >= 4 is 22.7 Å². The maximum atomic E-state index is 12.9. The largest absolute Gasteiger partial charge is 0.491 e. The Hall–Kier alpha value is -3.81. The first-order valence-corrected chi connectivity index (χ1v) is 16.9. The van der Waals surface area contributed by atoms with Gasteiger partial charge in [0.25, 0.3) is 0 Å². The molecule has 0 aliphatic heterocycles. The van der Waals surface area contributed by atoms with Crippen molar-refractivity contribution in [3.8, 4) is 16.9 Å². The van der Waals surface area contributed by atoms with E-state index in [4.69, 9.17) is 9.47 Å². The quantitative estimate of drug-likeness (QED) is 0.0845. The predicted molar refractivity (Wildman–Crippen MR) is 179 cm³/mol. The zero-order valence-electron chi connectivity index (χ0n) is 26.2. The van der Waals surface area contributed by atoms with Gasteiger partial charge in [0.2, 0.25) is 0 Å². The Kier molecular flexibility index (Phi) is 13.1.